The molecule has 4 nitrogen and oxygen atoms in total. The van der Waals surface area contributed by atoms with Crippen LogP contribution >= 0.6 is 0 Å². The molecule has 0 rings (SSSR count). The Morgan fingerprint density at radius 3 is 2.58 bits per heavy atom. The Kier molecular flexibility index (Phi) is 5.12. The van der Waals surface area contributed by atoms with E-state index in [4.69, 9.17) is 4.74 Å². The van der Waals surface area contributed by atoms with Gasteiger partial charge in [0.1, 0.15) is 0 Å². The van der Waals surface area contributed by atoms with Crippen LogP contribution in [-0.4, -0.2) is 31.7 Å². The fraction of sp³-hybridized carbons (Fsp3) is 0.625. The summed E-state index contributed by atoms with van der Waals surface area (Å²) in [5.74, 6) is -0.315. The Bertz CT molecular complexity index is 176. The average Bonchev–Trinajstić information content (AvgIpc) is 1.84. The Hall–Kier alpha value is -1.03. The van der Waals surface area contributed by atoms with Gasteiger partial charge in [-0.05, 0) is 13.8 Å². The maximum absolute atomic E-state index is 10.9. The summed E-state index contributed by atoms with van der Waals surface area (Å²) in [6.07, 6.45) is 1.42. The van der Waals surface area contributed by atoms with Gasteiger partial charge in [-0.15, -0.1) is 0 Å². The van der Waals surface area contributed by atoms with Gasteiger partial charge in [0.15, 0.2) is 0 Å². The van der Waals surface area contributed by atoms with Gasteiger partial charge >= 0.3 is 5.97 Å². The number of ether oxygens (including phenoxy) is 1. The SMILES string of the molecule is CCOC(=O)C=C(C)NN(C)C. The maximum Gasteiger partial charge on any atom is 0.332 e. The van der Waals surface area contributed by atoms with Crippen LogP contribution in [0.25, 0.3) is 0 Å². The molecule has 0 unspecified atom stereocenters. The van der Waals surface area contributed by atoms with Crippen LogP contribution in [0, 0.1) is 0 Å². The monoisotopic (exact) mass is 172 g/mol. The zero-order valence-corrected chi connectivity index (χ0v) is 8.05. The Morgan fingerprint density at radius 1 is 1.58 bits per heavy atom. The first-order valence-corrected chi connectivity index (χ1v) is 3.85. The van der Waals surface area contributed by atoms with Crippen molar-refractivity contribution in [3.8, 4) is 0 Å². The van der Waals surface area contributed by atoms with Gasteiger partial charge in [-0.2, -0.15) is 0 Å². The van der Waals surface area contributed by atoms with Crippen molar-refractivity contribution in [3.63, 3.8) is 0 Å². The molecule has 1 N–H and O–H groups in total. The van der Waals surface area contributed by atoms with Crippen LogP contribution in [0.1, 0.15) is 13.8 Å². The van der Waals surface area contributed by atoms with Gasteiger partial charge in [-0.1, -0.05) is 0 Å². The highest BCUT2D eigenvalue weighted by atomic mass is 16.5. The van der Waals surface area contributed by atoms with E-state index in [2.05, 4.69) is 5.43 Å². The molecule has 0 amide bonds. The largest absolute Gasteiger partial charge is 0.463 e. The number of rotatable bonds is 4. The number of carbonyl (C=O) groups excluding carboxylic acids is 1. The Morgan fingerprint density at radius 2 is 2.17 bits per heavy atom. The van der Waals surface area contributed by atoms with Gasteiger partial charge < -0.3 is 10.2 Å². The number of nitrogens with zero attached hydrogens (tertiary/aromatic N) is 1. The molecular formula is C8H16N2O2. The first-order chi connectivity index (χ1) is 5.56. The lowest BCUT2D eigenvalue weighted by Gasteiger charge is -2.12. The topological polar surface area (TPSA) is 41.6 Å². The third-order valence-corrected chi connectivity index (χ3v) is 1.02. The number of carbonyl (C=O) groups is 1. The molecule has 0 atom stereocenters. The molecule has 70 valence electrons. The molecule has 0 fully saturated rings. The summed E-state index contributed by atoms with van der Waals surface area (Å²) in [7, 11) is 3.70. The third kappa shape index (κ3) is 5.73. The highest BCUT2D eigenvalue weighted by molar-refractivity contribution is 5.82. The van der Waals surface area contributed by atoms with E-state index in [-0.39, 0.29) is 5.97 Å². The van der Waals surface area contributed by atoms with Crippen molar-refractivity contribution in [2.75, 3.05) is 20.7 Å². The van der Waals surface area contributed by atoms with Crippen molar-refractivity contribution >= 4 is 5.97 Å². The summed E-state index contributed by atoms with van der Waals surface area (Å²) in [5, 5.41) is 1.76. The van der Waals surface area contributed by atoms with Gasteiger partial charge in [0, 0.05) is 25.9 Å². The second-order valence-electron chi connectivity index (χ2n) is 2.59. The summed E-state index contributed by atoms with van der Waals surface area (Å²) in [5.41, 5.74) is 3.69. The maximum atomic E-state index is 10.9. The number of hydrazine groups is 1. The lowest BCUT2D eigenvalue weighted by atomic mass is 10.4. The van der Waals surface area contributed by atoms with Gasteiger partial charge in [-0.3, -0.25) is 0 Å². The Labute approximate surface area is 73.2 Å². The molecule has 0 heterocycles. The average molecular weight is 172 g/mol. The molecule has 0 saturated heterocycles. The summed E-state index contributed by atoms with van der Waals surface area (Å²) in [6, 6.07) is 0. The minimum atomic E-state index is -0.315. The third-order valence-electron chi connectivity index (χ3n) is 1.02. The van der Waals surface area contributed by atoms with Crippen LogP contribution in [-0.2, 0) is 9.53 Å². The van der Waals surface area contributed by atoms with Crippen LogP contribution in [0.15, 0.2) is 11.8 Å². The first-order valence-electron chi connectivity index (χ1n) is 3.85. The molecule has 0 aromatic carbocycles. The summed E-state index contributed by atoms with van der Waals surface area (Å²) >= 11 is 0. The normalized spacial score (nSPS) is 11.6. The van der Waals surface area contributed by atoms with Crippen LogP contribution in [0.3, 0.4) is 0 Å². The van der Waals surface area contributed by atoms with Crippen molar-refractivity contribution in [2.45, 2.75) is 13.8 Å². The summed E-state index contributed by atoms with van der Waals surface area (Å²) in [6.45, 7) is 3.99. The molecule has 0 aromatic heterocycles. The van der Waals surface area contributed by atoms with E-state index in [1.807, 2.05) is 14.1 Å². The van der Waals surface area contributed by atoms with Gasteiger partial charge in [0.25, 0.3) is 0 Å². The number of allylic oxidation sites excluding steroid dienone is 1. The molecule has 0 spiro atoms. The van der Waals surface area contributed by atoms with E-state index in [0.29, 0.717) is 6.61 Å². The second-order valence-corrected chi connectivity index (χ2v) is 2.59. The Balaban J connectivity index is 3.89. The van der Waals surface area contributed by atoms with Crippen molar-refractivity contribution in [1.29, 1.82) is 0 Å². The van der Waals surface area contributed by atoms with E-state index in [0.717, 1.165) is 5.70 Å². The number of hydrogen-bond acceptors (Lipinski definition) is 4. The minimum absolute atomic E-state index is 0.315. The zero-order valence-electron chi connectivity index (χ0n) is 8.05. The number of hydrogen-bond donors (Lipinski definition) is 1. The first kappa shape index (κ1) is 11.0. The summed E-state index contributed by atoms with van der Waals surface area (Å²) < 4.78 is 4.72. The highest BCUT2D eigenvalue weighted by Gasteiger charge is 1.97. The van der Waals surface area contributed by atoms with E-state index in [1.54, 1.807) is 18.9 Å². The molecule has 4 heteroatoms. The van der Waals surface area contributed by atoms with Crippen molar-refractivity contribution in [2.24, 2.45) is 0 Å². The lowest BCUT2D eigenvalue weighted by molar-refractivity contribution is -0.137. The predicted octanol–water partition coefficient (Wildman–Crippen LogP) is 0.520. The number of esters is 1. The fourth-order valence-corrected chi connectivity index (χ4v) is 0.746. The van der Waals surface area contributed by atoms with E-state index >= 15 is 0 Å². The van der Waals surface area contributed by atoms with E-state index in [1.165, 1.54) is 6.08 Å². The molecule has 0 bridgehead atoms. The van der Waals surface area contributed by atoms with Gasteiger partial charge in [-0.25, -0.2) is 9.80 Å². The molecule has 0 aliphatic carbocycles. The van der Waals surface area contributed by atoms with Crippen molar-refractivity contribution in [3.05, 3.63) is 11.8 Å². The summed E-state index contributed by atoms with van der Waals surface area (Å²) in [4.78, 5) is 10.9. The van der Waals surface area contributed by atoms with Gasteiger partial charge in [0.2, 0.25) is 0 Å². The van der Waals surface area contributed by atoms with Crippen molar-refractivity contribution in [1.82, 2.24) is 10.4 Å². The zero-order chi connectivity index (χ0) is 9.56. The van der Waals surface area contributed by atoms with E-state index in [9.17, 15) is 4.79 Å². The smallest absolute Gasteiger partial charge is 0.332 e. The van der Waals surface area contributed by atoms with Crippen molar-refractivity contribution < 1.29 is 9.53 Å². The minimum Gasteiger partial charge on any atom is -0.463 e. The van der Waals surface area contributed by atoms with E-state index < -0.39 is 0 Å². The molecular weight excluding hydrogens is 156 g/mol. The highest BCUT2D eigenvalue weighted by Crippen LogP contribution is 1.89. The fourth-order valence-electron chi connectivity index (χ4n) is 0.746. The second kappa shape index (κ2) is 5.60. The molecule has 0 saturated carbocycles. The van der Waals surface area contributed by atoms with Crippen LogP contribution < -0.4 is 5.43 Å². The lowest BCUT2D eigenvalue weighted by Crippen LogP contribution is -2.29. The molecule has 0 aromatic rings. The molecule has 12 heavy (non-hydrogen) atoms. The quantitative estimate of drug-likeness (QED) is 0.381. The standard InChI is InChI=1S/C8H16N2O2/c1-5-12-8(11)6-7(2)9-10(3)4/h6,9H,5H2,1-4H3. The molecule has 0 aliphatic rings. The van der Waals surface area contributed by atoms with Gasteiger partial charge in [0.05, 0.1) is 6.61 Å². The van der Waals surface area contributed by atoms with Crippen LogP contribution in [0.4, 0.5) is 0 Å². The number of nitrogens with one attached hydrogen (secondary N) is 1. The van der Waals surface area contributed by atoms with Crippen LogP contribution in [0.2, 0.25) is 0 Å². The molecule has 0 aliphatic heterocycles. The van der Waals surface area contributed by atoms with Crippen LogP contribution in [0.5, 0.6) is 0 Å². The predicted molar refractivity (Wildman–Crippen MR) is 47.2 cm³/mol. The molecule has 0 radical (unpaired) electrons.